The molecule has 1 N–H and O–H groups in total. The molecule has 0 unspecified atom stereocenters. The van der Waals surface area contributed by atoms with Gasteiger partial charge in [-0.3, -0.25) is 0 Å². The minimum Gasteiger partial charge on any atom is -0.508 e. The van der Waals surface area contributed by atoms with Crippen LogP contribution >= 0.6 is 0 Å². The van der Waals surface area contributed by atoms with Crippen LogP contribution < -0.4 is 4.74 Å². The third kappa shape index (κ3) is 1.71. The normalized spacial score (nSPS) is 14.5. The Bertz CT molecular complexity index is 482. The lowest BCUT2D eigenvalue weighted by Crippen LogP contribution is -2.05. The van der Waals surface area contributed by atoms with E-state index in [-0.39, 0.29) is 5.75 Å². The highest BCUT2D eigenvalue weighted by Gasteiger charge is 2.19. The third-order valence-corrected chi connectivity index (χ3v) is 2.75. The van der Waals surface area contributed by atoms with Gasteiger partial charge in [-0.15, -0.1) is 0 Å². The number of phenols is 1. The molecule has 1 heterocycles. The molecular weight excluding hydrogens is 200 g/mol. The average molecular weight is 216 g/mol. The van der Waals surface area contributed by atoms with Crippen molar-refractivity contribution in [3.8, 4) is 11.5 Å². The highest BCUT2D eigenvalue weighted by Crippen LogP contribution is 2.40. The van der Waals surface area contributed by atoms with Gasteiger partial charge in [-0.25, -0.2) is 0 Å². The van der Waals surface area contributed by atoms with E-state index in [0.29, 0.717) is 17.4 Å². The van der Waals surface area contributed by atoms with Crippen molar-refractivity contribution in [2.75, 3.05) is 0 Å². The summed E-state index contributed by atoms with van der Waals surface area (Å²) in [6, 6.07) is 3.45. The number of rotatable bonds is 1. The van der Waals surface area contributed by atoms with Crippen LogP contribution in [-0.4, -0.2) is 5.11 Å². The van der Waals surface area contributed by atoms with Gasteiger partial charge in [-0.2, -0.15) is 0 Å². The standard InChI is InChI=1S/C14H16O2/c1-8(2)12-6-11(15)7-13-14(12)9(3)5-10(4)16-13/h5-8,15H,4H2,1-3H3. The first-order chi connectivity index (χ1) is 7.49. The van der Waals surface area contributed by atoms with E-state index >= 15 is 0 Å². The molecule has 1 aromatic carbocycles. The molecule has 0 bridgehead atoms. The Morgan fingerprint density at radius 3 is 2.62 bits per heavy atom. The summed E-state index contributed by atoms with van der Waals surface area (Å²) in [4.78, 5) is 0. The van der Waals surface area contributed by atoms with E-state index in [1.807, 2.05) is 13.0 Å². The first-order valence-corrected chi connectivity index (χ1v) is 5.41. The fraction of sp³-hybridized carbons (Fsp3) is 0.286. The van der Waals surface area contributed by atoms with Crippen LogP contribution in [0.1, 0.15) is 37.8 Å². The molecular formula is C14H16O2. The molecule has 0 atom stereocenters. The molecule has 0 radical (unpaired) electrons. The lowest BCUT2D eigenvalue weighted by atomic mass is 9.90. The second-order valence-corrected chi connectivity index (χ2v) is 4.46. The van der Waals surface area contributed by atoms with Gasteiger partial charge >= 0.3 is 0 Å². The second kappa shape index (κ2) is 3.71. The number of allylic oxidation sites excluding steroid dienone is 2. The quantitative estimate of drug-likeness (QED) is 0.773. The molecule has 84 valence electrons. The van der Waals surface area contributed by atoms with Gasteiger partial charge in [0.1, 0.15) is 17.3 Å². The molecule has 2 rings (SSSR count). The van der Waals surface area contributed by atoms with E-state index in [9.17, 15) is 5.11 Å². The second-order valence-electron chi connectivity index (χ2n) is 4.46. The highest BCUT2D eigenvalue weighted by molar-refractivity contribution is 5.77. The first kappa shape index (κ1) is 10.8. The molecule has 0 saturated carbocycles. The Morgan fingerprint density at radius 1 is 1.31 bits per heavy atom. The summed E-state index contributed by atoms with van der Waals surface area (Å²) in [6.07, 6.45) is 1.92. The Morgan fingerprint density at radius 2 is 2.00 bits per heavy atom. The van der Waals surface area contributed by atoms with Crippen LogP contribution in [0.15, 0.2) is 30.5 Å². The maximum atomic E-state index is 9.66. The molecule has 0 saturated heterocycles. The Kier molecular flexibility index (Phi) is 2.50. The molecule has 0 fully saturated rings. The Labute approximate surface area is 95.9 Å². The lowest BCUT2D eigenvalue weighted by Gasteiger charge is -2.22. The summed E-state index contributed by atoms with van der Waals surface area (Å²) in [5.74, 6) is 1.91. The monoisotopic (exact) mass is 216 g/mol. The largest absolute Gasteiger partial charge is 0.508 e. The van der Waals surface area contributed by atoms with Crippen LogP contribution in [0.25, 0.3) is 5.57 Å². The van der Waals surface area contributed by atoms with Crippen molar-refractivity contribution in [2.45, 2.75) is 26.7 Å². The molecule has 0 amide bonds. The van der Waals surface area contributed by atoms with Crippen molar-refractivity contribution in [1.29, 1.82) is 0 Å². The SMILES string of the molecule is C=C1C=C(C)c2c(cc(O)cc2C(C)C)O1. The van der Waals surface area contributed by atoms with Gasteiger partial charge in [-0.05, 0) is 36.1 Å². The zero-order valence-corrected chi connectivity index (χ0v) is 9.87. The van der Waals surface area contributed by atoms with E-state index in [1.54, 1.807) is 12.1 Å². The summed E-state index contributed by atoms with van der Waals surface area (Å²) in [5, 5.41) is 9.66. The molecule has 1 aromatic rings. The predicted molar refractivity (Wildman–Crippen MR) is 65.6 cm³/mol. The number of ether oxygens (including phenoxy) is 1. The van der Waals surface area contributed by atoms with Gasteiger partial charge in [0.15, 0.2) is 0 Å². The lowest BCUT2D eigenvalue weighted by molar-refractivity contribution is 0.427. The van der Waals surface area contributed by atoms with Gasteiger partial charge in [0.25, 0.3) is 0 Å². The van der Waals surface area contributed by atoms with Crippen molar-refractivity contribution in [3.05, 3.63) is 41.7 Å². The molecule has 2 nitrogen and oxygen atoms in total. The molecule has 1 aliphatic heterocycles. The molecule has 0 aliphatic carbocycles. The van der Waals surface area contributed by atoms with Crippen LogP contribution in [0.3, 0.4) is 0 Å². The van der Waals surface area contributed by atoms with Gasteiger partial charge in [0.05, 0.1) is 0 Å². The van der Waals surface area contributed by atoms with Crippen molar-refractivity contribution in [3.63, 3.8) is 0 Å². The van der Waals surface area contributed by atoms with Crippen LogP contribution in [0.5, 0.6) is 11.5 Å². The third-order valence-electron chi connectivity index (χ3n) is 2.75. The van der Waals surface area contributed by atoms with E-state index in [1.165, 1.54) is 0 Å². The van der Waals surface area contributed by atoms with Gasteiger partial charge < -0.3 is 9.84 Å². The van der Waals surface area contributed by atoms with Crippen molar-refractivity contribution in [2.24, 2.45) is 0 Å². The fourth-order valence-corrected chi connectivity index (χ4v) is 2.06. The number of hydrogen-bond acceptors (Lipinski definition) is 2. The van der Waals surface area contributed by atoms with Gasteiger partial charge in [0, 0.05) is 11.6 Å². The molecule has 16 heavy (non-hydrogen) atoms. The number of fused-ring (bicyclic) bond motifs is 1. The molecule has 1 aliphatic rings. The number of hydrogen-bond donors (Lipinski definition) is 1. The first-order valence-electron chi connectivity index (χ1n) is 5.41. The van der Waals surface area contributed by atoms with E-state index in [0.717, 1.165) is 16.7 Å². The van der Waals surface area contributed by atoms with Crippen molar-refractivity contribution < 1.29 is 9.84 Å². The molecule has 0 aromatic heterocycles. The van der Waals surface area contributed by atoms with Crippen LogP contribution in [0.4, 0.5) is 0 Å². The number of benzene rings is 1. The van der Waals surface area contributed by atoms with E-state index in [4.69, 9.17) is 4.74 Å². The maximum Gasteiger partial charge on any atom is 0.138 e. The Hall–Kier alpha value is -1.70. The highest BCUT2D eigenvalue weighted by atomic mass is 16.5. The van der Waals surface area contributed by atoms with E-state index < -0.39 is 0 Å². The van der Waals surface area contributed by atoms with E-state index in [2.05, 4.69) is 20.4 Å². The number of aromatic hydroxyl groups is 1. The van der Waals surface area contributed by atoms with Crippen LogP contribution in [-0.2, 0) is 0 Å². The summed E-state index contributed by atoms with van der Waals surface area (Å²) < 4.78 is 5.54. The zero-order chi connectivity index (χ0) is 11.9. The summed E-state index contributed by atoms with van der Waals surface area (Å²) in [7, 11) is 0. The summed E-state index contributed by atoms with van der Waals surface area (Å²) in [6.45, 7) is 10.0. The summed E-state index contributed by atoms with van der Waals surface area (Å²) in [5.41, 5.74) is 3.33. The molecule has 2 heteroatoms. The van der Waals surface area contributed by atoms with Gasteiger partial charge in [-0.1, -0.05) is 20.4 Å². The van der Waals surface area contributed by atoms with Crippen LogP contribution in [0.2, 0.25) is 0 Å². The zero-order valence-electron chi connectivity index (χ0n) is 9.87. The number of phenolic OH excluding ortho intramolecular Hbond substituents is 1. The summed E-state index contributed by atoms with van der Waals surface area (Å²) >= 11 is 0. The predicted octanol–water partition coefficient (Wildman–Crippen LogP) is 3.83. The topological polar surface area (TPSA) is 29.5 Å². The van der Waals surface area contributed by atoms with Crippen molar-refractivity contribution >= 4 is 5.57 Å². The smallest absolute Gasteiger partial charge is 0.138 e. The van der Waals surface area contributed by atoms with Crippen molar-refractivity contribution in [1.82, 2.24) is 0 Å². The Balaban J connectivity index is 2.69. The maximum absolute atomic E-state index is 9.66. The minimum absolute atomic E-state index is 0.241. The molecule has 0 spiro atoms. The minimum atomic E-state index is 0.241. The van der Waals surface area contributed by atoms with Crippen LogP contribution in [0, 0.1) is 0 Å². The average Bonchev–Trinajstić information content (AvgIpc) is 2.14. The van der Waals surface area contributed by atoms with Gasteiger partial charge in [0.2, 0.25) is 0 Å². The fourth-order valence-electron chi connectivity index (χ4n) is 2.06.